The van der Waals surface area contributed by atoms with Crippen LogP contribution in [-0.2, 0) is 11.3 Å². The third-order valence-corrected chi connectivity index (χ3v) is 3.89. The van der Waals surface area contributed by atoms with Gasteiger partial charge in [0.1, 0.15) is 12.4 Å². The topological polar surface area (TPSA) is 62.6 Å². The zero-order valence-corrected chi connectivity index (χ0v) is 14.3. The third kappa shape index (κ3) is 3.80. The molecule has 0 saturated carbocycles. The van der Waals surface area contributed by atoms with Crippen LogP contribution in [-0.4, -0.2) is 37.0 Å². The molecule has 2 aromatic heterocycles. The first-order chi connectivity index (χ1) is 12.2. The van der Waals surface area contributed by atoms with Gasteiger partial charge in [-0.1, -0.05) is 6.07 Å². The summed E-state index contributed by atoms with van der Waals surface area (Å²) in [6.07, 6.45) is 1.67. The van der Waals surface area contributed by atoms with Crippen LogP contribution >= 0.6 is 0 Å². The van der Waals surface area contributed by atoms with Gasteiger partial charge in [-0.2, -0.15) is 0 Å². The van der Waals surface area contributed by atoms with Crippen molar-refractivity contribution >= 4 is 10.9 Å². The smallest absolute Gasteiger partial charge is 0.251 e. The second kappa shape index (κ2) is 7.81. The molecule has 0 aliphatic carbocycles. The number of aromatic nitrogens is 2. The van der Waals surface area contributed by atoms with Crippen LogP contribution in [0.4, 0.5) is 0 Å². The van der Waals surface area contributed by atoms with Gasteiger partial charge in [-0.3, -0.25) is 4.79 Å². The fraction of sp³-hybridized carbons (Fsp3) is 0.263. The molecule has 3 aromatic rings. The first-order valence-corrected chi connectivity index (χ1v) is 7.96. The summed E-state index contributed by atoms with van der Waals surface area (Å²) in [7, 11) is 3.24. The molecule has 1 aromatic carbocycles. The number of fused-ring (bicyclic) bond motifs is 1. The van der Waals surface area contributed by atoms with E-state index in [2.05, 4.69) is 4.98 Å². The van der Waals surface area contributed by atoms with Gasteiger partial charge in [0.05, 0.1) is 25.8 Å². The number of hydrogen-bond acceptors (Lipinski definition) is 5. The van der Waals surface area contributed by atoms with Crippen molar-refractivity contribution in [3.63, 3.8) is 0 Å². The average molecular weight is 340 g/mol. The maximum atomic E-state index is 12.4. The van der Waals surface area contributed by atoms with Crippen LogP contribution < -0.4 is 15.0 Å². The Morgan fingerprint density at radius 3 is 2.76 bits per heavy atom. The van der Waals surface area contributed by atoms with Crippen LogP contribution in [0.2, 0.25) is 0 Å². The van der Waals surface area contributed by atoms with Gasteiger partial charge in [0, 0.05) is 30.8 Å². The van der Waals surface area contributed by atoms with Crippen molar-refractivity contribution in [2.75, 3.05) is 27.4 Å². The van der Waals surface area contributed by atoms with Crippen molar-refractivity contribution in [3.05, 3.63) is 64.6 Å². The highest BCUT2D eigenvalue weighted by Gasteiger charge is 2.08. The molecule has 6 heteroatoms. The van der Waals surface area contributed by atoms with Gasteiger partial charge in [0.25, 0.3) is 5.56 Å². The lowest BCUT2D eigenvalue weighted by molar-refractivity contribution is 0.143. The molecule has 0 N–H and O–H groups in total. The maximum Gasteiger partial charge on any atom is 0.251 e. The molecule has 0 fully saturated rings. The fourth-order valence-electron chi connectivity index (χ4n) is 2.68. The fourth-order valence-corrected chi connectivity index (χ4v) is 2.68. The van der Waals surface area contributed by atoms with Crippen molar-refractivity contribution in [3.8, 4) is 11.6 Å². The summed E-state index contributed by atoms with van der Waals surface area (Å²) in [5, 5.41) is 0.898. The van der Waals surface area contributed by atoms with Gasteiger partial charge < -0.3 is 18.8 Å². The summed E-state index contributed by atoms with van der Waals surface area (Å²) in [4.78, 5) is 16.6. The predicted octanol–water partition coefficient (Wildman–Crippen LogP) is 2.48. The summed E-state index contributed by atoms with van der Waals surface area (Å²) >= 11 is 0. The van der Waals surface area contributed by atoms with E-state index >= 15 is 0 Å². The van der Waals surface area contributed by atoms with Crippen LogP contribution in [0.15, 0.2) is 53.5 Å². The first kappa shape index (κ1) is 17.0. The Bertz CT molecular complexity index is 921. The minimum atomic E-state index is -0.0700. The molecule has 0 unspecified atom stereocenters. The lowest BCUT2D eigenvalue weighted by Crippen LogP contribution is -2.20. The van der Waals surface area contributed by atoms with Gasteiger partial charge in [0.2, 0.25) is 5.88 Å². The standard InChI is InChI=1S/C19H20N2O4/c1-23-10-11-25-18-12-14(8-9-20-18)13-21-16-4-3-5-17(24-2)15(16)6-7-19(21)22/h3-9,12H,10-11,13H2,1-2H3. The number of pyridine rings is 2. The monoisotopic (exact) mass is 340 g/mol. The van der Waals surface area contributed by atoms with E-state index in [9.17, 15) is 4.79 Å². The normalized spacial score (nSPS) is 10.8. The van der Waals surface area contributed by atoms with E-state index in [-0.39, 0.29) is 5.56 Å². The van der Waals surface area contributed by atoms with Crippen LogP contribution in [0.25, 0.3) is 10.9 Å². The Labute approximate surface area is 145 Å². The summed E-state index contributed by atoms with van der Waals surface area (Å²) in [6, 6.07) is 12.7. The molecule has 0 aliphatic heterocycles. The number of nitrogens with zero attached hydrogens (tertiary/aromatic N) is 2. The molecule has 130 valence electrons. The third-order valence-electron chi connectivity index (χ3n) is 3.89. The summed E-state index contributed by atoms with van der Waals surface area (Å²) in [6.45, 7) is 1.35. The molecule has 0 aliphatic rings. The largest absolute Gasteiger partial charge is 0.496 e. The number of hydrogen-bond donors (Lipinski definition) is 0. The Morgan fingerprint density at radius 2 is 1.96 bits per heavy atom. The van der Waals surface area contributed by atoms with Gasteiger partial charge >= 0.3 is 0 Å². The van der Waals surface area contributed by atoms with E-state index < -0.39 is 0 Å². The maximum absolute atomic E-state index is 12.4. The lowest BCUT2D eigenvalue weighted by Gasteiger charge is -2.13. The molecule has 0 spiro atoms. The van der Waals surface area contributed by atoms with Gasteiger partial charge in [-0.05, 0) is 29.8 Å². The molecule has 0 bridgehead atoms. The summed E-state index contributed by atoms with van der Waals surface area (Å²) in [5.41, 5.74) is 1.68. The van der Waals surface area contributed by atoms with Crippen LogP contribution in [0.5, 0.6) is 11.6 Å². The molecule has 3 rings (SSSR count). The van der Waals surface area contributed by atoms with Crippen molar-refractivity contribution in [1.82, 2.24) is 9.55 Å². The molecule has 25 heavy (non-hydrogen) atoms. The molecule has 6 nitrogen and oxygen atoms in total. The number of ether oxygens (including phenoxy) is 3. The second-order valence-electron chi connectivity index (χ2n) is 5.49. The van der Waals surface area contributed by atoms with Crippen molar-refractivity contribution in [2.45, 2.75) is 6.54 Å². The van der Waals surface area contributed by atoms with E-state index in [0.29, 0.717) is 25.6 Å². The zero-order chi connectivity index (χ0) is 17.6. The summed E-state index contributed by atoms with van der Waals surface area (Å²) < 4.78 is 17.6. The van der Waals surface area contributed by atoms with Crippen LogP contribution in [0, 0.1) is 0 Å². The van der Waals surface area contributed by atoms with E-state index in [4.69, 9.17) is 14.2 Å². The molecule has 0 amide bonds. The highest BCUT2D eigenvalue weighted by molar-refractivity contribution is 5.85. The van der Waals surface area contributed by atoms with Crippen LogP contribution in [0.1, 0.15) is 5.56 Å². The molecule has 0 atom stereocenters. The van der Waals surface area contributed by atoms with Gasteiger partial charge in [-0.15, -0.1) is 0 Å². The van der Waals surface area contributed by atoms with E-state index in [1.807, 2.05) is 30.3 Å². The predicted molar refractivity (Wildman–Crippen MR) is 95.5 cm³/mol. The minimum absolute atomic E-state index is 0.0700. The van der Waals surface area contributed by atoms with Crippen molar-refractivity contribution < 1.29 is 14.2 Å². The lowest BCUT2D eigenvalue weighted by atomic mass is 10.1. The number of methoxy groups -OCH3 is 2. The Kier molecular flexibility index (Phi) is 5.30. The average Bonchev–Trinajstić information content (AvgIpc) is 2.64. The molecule has 2 heterocycles. The number of benzene rings is 1. The highest BCUT2D eigenvalue weighted by atomic mass is 16.5. The van der Waals surface area contributed by atoms with E-state index in [0.717, 1.165) is 22.2 Å². The SMILES string of the molecule is COCCOc1cc(Cn2c(=O)ccc3c(OC)cccc32)ccn1. The minimum Gasteiger partial charge on any atom is -0.496 e. The van der Waals surface area contributed by atoms with Crippen molar-refractivity contribution in [1.29, 1.82) is 0 Å². The molecular formula is C19H20N2O4. The second-order valence-corrected chi connectivity index (χ2v) is 5.49. The van der Waals surface area contributed by atoms with Gasteiger partial charge in [0.15, 0.2) is 0 Å². The Balaban J connectivity index is 1.94. The molecule has 0 saturated heterocycles. The molecule has 0 radical (unpaired) electrons. The van der Waals surface area contributed by atoms with Crippen molar-refractivity contribution in [2.24, 2.45) is 0 Å². The Morgan fingerprint density at radius 1 is 1.08 bits per heavy atom. The number of rotatable bonds is 7. The highest BCUT2D eigenvalue weighted by Crippen LogP contribution is 2.24. The zero-order valence-electron chi connectivity index (χ0n) is 14.3. The van der Waals surface area contributed by atoms with E-state index in [1.54, 1.807) is 37.1 Å². The van der Waals surface area contributed by atoms with Gasteiger partial charge in [-0.25, -0.2) is 4.98 Å². The quantitative estimate of drug-likeness (QED) is 0.618. The Hall–Kier alpha value is -2.86. The molecular weight excluding hydrogens is 320 g/mol. The summed E-state index contributed by atoms with van der Waals surface area (Å²) in [5.74, 6) is 1.25. The van der Waals surface area contributed by atoms with E-state index in [1.165, 1.54) is 0 Å². The van der Waals surface area contributed by atoms with Crippen LogP contribution in [0.3, 0.4) is 0 Å². The first-order valence-electron chi connectivity index (χ1n) is 7.96.